The summed E-state index contributed by atoms with van der Waals surface area (Å²) in [5, 5.41) is 4.54. The van der Waals surface area contributed by atoms with Gasteiger partial charge in [0.2, 0.25) is 5.91 Å². The number of amides is 1. The van der Waals surface area contributed by atoms with Gasteiger partial charge in [-0.1, -0.05) is 37.0 Å². The van der Waals surface area contributed by atoms with Crippen molar-refractivity contribution in [2.45, 2.75) is 24.3 Å². The Morgan fingerprint density at radius 1 is 1.33 bits per heavy atom. The van der Waals surface area contributed by atoms with Crippen LogP contribution in [0.5, 0.6) is 0 Å². The zero-order valence-electron chi connectivity index (χ0n) is 12.0. The minimum atomic E-state index is -0.116. The highest BCUT2D eigenvalue weighted by Gasteiger charge is 2.24. The molecule has 116 valence electrons. The zero-order chi connectivity index (χ0) is 15.6. The highest BCUT2D eigenvalue weighted by molar-refractivity contribution is 8.00. The number of anilines is 2. The van der Waals surface area contributed by atoms with E-state index in [4.69, 9.17) is 28.9 Å². The number of rotatable bonds is 3. The van der Waals surface area contributed by atoms with Crippen LogP contribution in [0.4, 0.5) is 11.4 Å². The van der Waals surface area contributed by atoms with E-state index in [0.717, 1.165) is 13.1 Å². The molecule has 1 saturated heterocycles. The lowest BCUT2D eigenvalue weighted by molar-refractivity contribution is -0.117. The van der Waals surface area contributed by atoms with Gasteiger partial charge in [-0.05, 0) is 12.1 Å². The van der Waals surface area contributed by atoms with Gasteiger partial charge >= 0.3 is 0 Å². The fourth-order valence-corrected chi connectivity index (χ4v) is 4.49. The lowest BCUT2D eigenvalue weighted by atomic mass is 10.2. The summed E-state index contributed by atoms with van der Waals surface area (Å²) in [5.41, 5.74) is 6.54. The molecule has 2 atom stereocenters. The second kappa shape index (κ2) is 7.09. The SMILES string of the molecule is CC1CN(CC(=O)Nc2c(Cl)cc(N)cc2Cl)CC(C)S1. The zero-order valence-corrected chi connectivity index (χ0v) is 14.4. The van der Waals surface area contributed by atoms with Crippen LogP contribution in [0.3, 0.4) is 0 Å². The van der Waals surface area contributed by atoms with Crippen LogP contribution in [-0.2, 0) is 4.79 Å². The van der Waals surface area contributed by atoms with Gasteiger partial charge < -0.3 is 11.1 Å². The Balaban J connectivity index is 1.99. The molecule has 7 heteroatoms. The molecular formula is C14H19Cl2N3OS. The molecule has 0 bridgehead atoms. The Hall–Kier alpha value is -0.620. The molecule has 1 heterocycles. The van der Waals surface area contributed by atoms with Crippen LogP contribution < -0.4 is 11.1 Å². The van der Waals surface area contributed by atoms with Crippen LogP contribution in [-0.4, -0.2) is 40.9 Å². The van der Waals surface area contributed by atoms with E-state index in [1.54, 1.807) is 12.1 Å². The normalized spacial score (nSPS) is 23.0. The number of halogens is 2. The van der Waals surface area contributed by atoms with E-state index >= 15 is 0 Å². The van der Waals surface area contributed by atoms with Gasteiger partial charge in [-0.15, -0.1) is 0 Å². The average Bonchev–Trinajstić information content (AvgIpc) is 2.32. The maximum Gasteiger partial charge on any atom is 0.238 e. The summed E-state index contributed by atoms with van der Waals surface area (Å²) in [6.07, 6.45) is 0. The van der Waals surface area contributed by atoms with Crippen molar-refractivity contribution in [2.75, 3.05) is 30.7 Å². The van der Waals surface area contributed by atoms with E-state index in [0.29, 0.717) is 38.5 Å². The summed E-state index contributed by atoms with van der Waals surface area (Å²) in [7, 11) is 0. The van der Waals surface area contributed by atoms with Crippen LogP contribution in [0, 0.1) is 0 Å². The van der Waals surface area contributed by atoms with Crippen molar-refractivity contribution in [3.05, 3.63) is 22.2 Å². The molecular weight excluding hydrogens is 329 g/mol. The number of nitrogens with zero attached hydrogens (tertiary/aromatic N) is 1. The van der Waals surface area contributed by atoms with Crippen molar-refractivity contribution in [1.29, 1.82) is 0 Å². The van der Waals surface area contributed by atoms with E-state index in [2.05, 4.69) is 24.1 Å². The monoisotopic (exact) mass is 347 g/mol. The molecule has 0 aromatic heterocycles. The van der Waals surface area contributed by atoms with Gasteiger partial charge in [0.25, 0.3) is 0 Å². The fraction of sp³-hybridized carbons (Fsp3) is 0.500. The quantitative estimate of drug-likeness (QED) is 0.823. The Bertz CT molecular complexity index is 508. The van der Waals surface area contributed by atoms with Crippen LogP contribution in [0.15, 0.2) is 12.1 Å². The summed E-state index contributed by atoms with van der Waals surface area (Å²) in [5.74, 6) is -0.116. The second-order valence-corrected chi connectivity index (χ2v) is 8.06. The van der Waals surface area contributed by atoms with Crippen molar-refractivity contribution in [3.63, 3.8) is 0 Å². The van der Waals surface area contributed by atoms with Crippen LogP contribution >= 0.6 is 35.0 Å². The molecule has 0 saturated carbocycles. The molecule has 1 fully saturated rings. The van der Waals surface area contributed by atoms with Crippen molar-refractivity contribution in [3.8, 4) is 0 Å². The van der Waals surface area contributed by atoms with E-state index in [1.807, 2.05) is 11.8 Å². The molecule has 1 aliphatic rings. The largest absolute Gasteiger partial charge is 0.399 e. The lowest BCUT2D eigenvalue weighted by Crippen LogP contribution is -2.44. The number of carbonyl (C=O) groups is 1. The number of carbonyl (C=O) groups excluding carboxylic acids is 1. The number of nitrogen functional groups attached to an aromatic ring is 1. The van der Waals surface area contributed by atoms with Crippen LogP contribution in [0.2, 0.25) is 10.0 Å². The summed E-state index contributed by atoms with van der Waals surface area (Å²) >= 11 is 14.1. The first-order valence-corrected chi connectivity index (χ1v) is 8.47. The number of nitrogens with two attached hydrogens (primary N) is 1. The number of hydrogen-bond acceptors (Lipinski definition) is 4. The maximum atomic E-state index is 12.2. The summed E-state index contributed by atoms with van der Waals surface area (Å²) in [4.78, 5) is 14.3. The van der Waals surface area contributed by atoms with E-state index in [-0.39, 0.29) is 5.91 Å². The average molecular weight is 348 g/mol. The topological polar surface area (TPSA) is 58.4 Å². The Kier molecular flexibility index (Phi) is 5.66. The number of hydrogen-bond donors (Lipinski definition) is 2. The minimum Gasteiger partial charge on any atom is -0.399 e. The number of thioether (sulfide) groups is 1. The molecule has 4 nitrogen and oxygen atoms in total. The van der Waals surface area contributed by atoms with Gasteiger partial charge in [0.1, 0.15) is 0 Å². The first kappa shape index (κ1) is 16.7. The third-order valence-electron chi connectivity index (χ3n) is 3.19. The van der Waals surface area contributed by atoms with Crippen molar-refractivity contribution in [1.82, 2.24) is 4.90 Å². The summed E-state index contributed by atoms with van der Waals surface area (Å²) < 4.78 is 0. The third kappa shape index (κ3) is 4.68. The molecule has 1 aromatic rings. The Morgan fingerprint density at radius 2 is 1.86 bits per heavy atom. The van der Waals surface area contributed by atoms with Gasteiger partial charge in [-0.25, -0.2) is 0 Å². The summed E-state index contributed by atoms with van der Waals surface area (Å²) in [6.45, 7) is 6.52. The van der Waals surface area contributed by atoms with Crippen LogP contribution in [0.1, 0.15) is 13.8 Å². The van der Waals surface area contributed by atoms with Crippen molar-refractivity contribution in [2.24, 2.45) is 0 Å². The molecule has 3 N–H and O–H groups in total. The van der Waals surface area contributed by atoms with Gasteiger partial charge in [-0.3, -0.25) is 9.69 Å². The first-order chi connectivity index (χ1) is 9.85. The first-order valence-electron chi connectivity index (χ1n) is 6.77. The standard InChI is InChI=1S/C14H19Cl2N3OS/c1-8-5-19(6-9(2)21-8)7-13(20)18-14-11(15)3-10(17)4-12(14)16/h3-4,8-9H,5-7,17H2,1-2H3,(H,18,20). The highest BCUT2D eigenvalue weighted by Crippen LogP contribution is 2.33. The van der Waals surface area contributed by atoms with Gasteiger partial charge in [0.05, 0.1) is 22.3 Å². The molecule has 0 aliphatic carbocycles. The predicted molar refractivity (Wildman–Crippen MR) is 92.5 cm³/mol. The highest BCUT2D eigenvalue weighted by atomic mass is 35.5. The van der Waals surface area contributed by atoms with E-state index < -0.39 is 0 Å². The van der Waals surface area contributed by atoms with E-state index in [1.165, 1.54) is 0 Å². The minimum absolute atomic E-state index is 0.116. The molecule has 1 amide bonds. The smallest absolute Gasteiger partial charge is 0.238 e. The van der Waals surface area contributed by atoms with Crippen molar-refractivity contribution < 1.29 is 4.79 Å². The van der Waals surface area contributed by atoms with Gasteiger partial charge in [0, 0.05) is 29.3 Å². The van der Waals surface area contributed by atoms with Gasteiger partial charge in [-0.2, -0.15) is 11.8 Å². The molecule has 0 spiro atoms. The Labute approximate surface area is 139 Å². The fourth-order valence-electron chi connectivity index (χ4n) is 2.51. The number of benzene rings is 1. The third-order valence-corrected chi connectivity index (χ3v) is 5.01. The predicted octanol–water partition coefficient (Wildman–Crippen LogP) is 3.34. The summed E-state index contributed by atoms with van der Waals surface area (Å²) in [6, 6.07) is 3.15. The molecule has 0 radical (unpaired) electrons. The molecule has 1 aromatic carbocycles. The Morgan fingerprint density at radius 3 is 2.38 bits per heavy atom. The maximum absolute atomic E-state index is 12.2. The number of nitrogens with one attached hydrogen (secondary N) is 1. The van der Waals surface area contributed by atoms with Crippen LogP contribution in [0.25, 0.3) is 0 Å². The van der Waals surface area contributed by atoms with E-state index in [9.17, 15) is 4.79 Å². The van der Waals surface area contributed by atoms with Crippen molar-refractivity contribution >= 4 is 52.2 Å². The van der Waals surface area contributed by atoms with Gasteiger partial charge in [0.15, 0.2) is 0 Å². The molecule has 1 aliphatic heterocycles. The molecule has 2 rings (SSSR count). The molecule has 2 unspecified atom stereocenters. The second-order valence-electron chi connectivity index (χ2n) is 5.36. The lowest BCUT2D eigenvalue weighted by Gasteiger charge is -2.34. The molecule has 21 heavy (non-hydrogen) atoms.